The third-order valence-electron chi connectivity index (χ3n) is 2.00. The maximum Gasteiger partial charge on any atom is 0.482 e. The summed E-state index contributed by atoms with van der Waals surface area (Å²) in [6.45, 7) is 0.116. The summed E-state index contributed by atoms with van der Waals surface area (Å²) in [7, 11) is 0. The Balaban J connectivity index is 0.000000337. The van der Waals surface area contributed by atoms with Gasteiger partial charge in [0, 0.05) is 0 Å². The Morgan fingerprint density at radius 2 is 1.53 bits per heavy atom. The van der Waals surface area contributed by atoms with Gasteiger partial charge in [0.25, 0.3) is 0 Å². The fourth-order valence-electron chi connectivity index (χ4n) is 1.34. The molecule has 0 unspecified atom stereocenters. The molecule has 4 heteroatoms. The van der Waals surface area contributed by atoms with Crippen LogP contribution in [0.15, 0.2) is 42.5 Å². The van der Waals surface area contributed by atoms with E-state index in [1.165, 1.54) is 10.8 Å². The Labute approximate surface area is 88.9 Å². The highest BCUT2D eigenvalue weighted by Crippen LogP contribution is 2.15. The maximum atomic E-state index is 8.90. The van der Waals surface area contributed by atoms with Crippen LogP contribution in [0, 0.1) is 0 Å². The lowest BCUT2D eigenvalue weighted by Crippen LogP contribution is -1.81. The molecule has 3 nitrogen and oxygen atoms in total. The van der Waals surface area contributed by atoms with Crippen molar-refractivity contribution in [3.8, 4) is 0 Å². The van der Waals surface area contributed by atoms with Gasteiger partial charge in [-0.15, -0.1) is 0 Å². The summed E-state index contributed by atoms with van der Waals surface area (Å²) < 4.78 is 0. The molecule has 0 amide bonds. The average Bonchev–Trinajstić information content (AvgIpc) is 2.29. The number of aliphatic hydroxyl groups is 1. The van der Waals surface area contributed by atoms with E-state index in [-0.39, 0.29) is 14.3 Å². The van der Waals surface area contributed by atoms with Gasteiger partial charge in [-0.2, -0.15) is 0 Å². The van der Waals surface area contributed by atoms with Crippen LogP contribution < -0.4 is 0 Å². The molecule has 0 aliphatic heterocycles. The van der Waals surface area contributed by atoms with Crippen molar-refractivity contribution in [2.45, 2.75) is 6.61 Å². The zero-order chi connectivity index (χ0) is 11.1. The lowest BCUT2D eigenvalue weighted by Gasteiger charge is -1.99. The SMILES string of the molecule is OCc1ccc2ccccc2c1.O[B]O. The van der Waals surface area contributed by atoms with Gasteiger partial charge < -0.3 is 15.2 Å². The van der Waals surface area contributed by atoms with Crippen molar-refractivity contribution in [2.75, 3.05) is 0 Å². The second-order valence-corrected chi connectivity index (χ2v) is 2.96. The molecule has 0 bridgehead atoms. The predicted molar refractivity (Wildman–Crippen MR) is 60.1 cm³/mol. The molecule has 77 valence electrons. The number of aliphatic hydroxyl groups excluding tert-OH is 1. The Bertz CT molecular complexity index is 417. The molecule has 0 spiro atoms. The van der Waals surface area contributed by atoms with Gasteiger partial charge in [0.2, 0.25) is 0 Å². The van der Waals surface area contributed by atoms with E-state index in [9.17, 15) is 0 Å². The smallest absolute Gasteiger partial charge is 0.429 e. The van der Waals surface area contributed by atoms with Crippen LogP contribution in [-0.2, 0) is 6.61 Å². The molecule has 0 aliphatic carbocycles. The van der Waals surface area contributed by atoms with Gasteiger partial charge in [0.05, 0.1) is 6.61 Å². The third kappa shape index (κ3) is 3.36. The number of benzene rings is 2. The van der Waals surface area contributed by atoms with E-state index in [4.69, 9.17) is 15.2 Å². The van der Waals surface area contributed by atoms with Crippen LogP contribution in [0.2, 0.25) is 0 Å². The fourth-order valence-corrected chi connectivity index (χ4v) is 1.34. The standard InChI is InChI=1S/C11H10O.BH2O2/c12-8-9-5-6-10-3-1-2-4-11(10)7-9;2-1-3/h1-7,12H,8H2;2-3H. The third-order valence-corrected chi connectivity index (χ3v) is 2.00. The van der Waals surface area contributed by atoms with E-state index in [1.54, 1.807) is 0 Å². The quantitative estimate of drug-likeness (QED) is 0.601. The summed E-state index contributed by atoms with van der Waals surface area (Å²) in [5, 5.41) is 25.3. The summed E-state index contributed by atoms with van der Waals surface area (Å²) in [5.41, 5.74) is 0.966. The van der Waals surface area contributed by atoms with Gasteiger partial charge in [-0.1, -0.05) is 36.4 Å². The second-order valence-electron chi connectivity index (χ2n) is 2.96. The summed E-state index contributed by atoms with van der Waals surface area (Å²) in [6.07, 6.45) is 0. The molecule has 1 radical (unpaired) electrons. The minimum atomic E-state index is 0. The molecule has 0 aliphatic rings. The molecule has 3 N–H and O–H groups in total. The monoisotopic (exact) mass is 203 g/mol. The zero-order valence-corrected chi connectivity index (χ0v) is 8.17. The van der Waals surface area contributed by atoms with Gasteiger partial charge in [-0.05, 0) is 22.4 Å². The molecule has 0 saturated heterocycles. The van der Waals surface area contributed by atoms with Gasteiger partial charge >= 0.3 is 7.69 Å². The van der Waals surface area contributed by atoms with Crippen molar-refractivity contribution in [1.82, 2.24) is 0 Å². The summed E-state index contributed by atoms with van der Waals surface area (Å²) in [6, 6.07) is 14.1. The first kappa shape index (κ1) is 11.7. The summed E-state index contributed by atoms with van der Waals surface area (Å²) in [5.74, 6) is 0. The average molecular weight is 203 g/mol. The minimum Gasteiger partial charge on any atom is -0.429 e. The first-order chi connectivity index (χ1) is 7.31. The van der Waals surface area contributed by atoms with Crippen molar-refractivity contribution in [1.29, 1.82) is 0 Å². The molecule has 0 aromatic heterocycles. The van der Waals surface area contributed by atoms with Gasteiger partial charge in [-0.25, -0.2) is 0 Å². The Morgan fingerprint density at radius 1 is 0.933 bits per heavy atom. The van der Waals surface area contributed by atoms with Crippen molar-refractivity contribution < 1.29 is 15.2 Å². The van der Waals surface area contributed by atoms with Gasteiger partial charge in [0.1, 0.15) is 0 Å². The number of fused-ring (bicyclic) bond motifs is 1. The summed E-state index contributed by atoms with van der Waals surface area (Å²) in [4.78, 5) is 0. The topological polar surface area (TPSA) is 60.7 Å². The molecule has 0 saturated carbocycles. The number of rotatable bonds is 1. The van der Waals surface area contributed by atoms with Gasteiger partial charge in [0.15, 0.2) is 0 Å². The predicted octanol–water partition coefficient (Wildman–Crippen LogP) is 0.837. The first-order valence-corrected chi connectivity index (χ1v) is 4.50. The zero-order valence-electron chi connectivity index (χ0n) is 8.17. The molecule has 2 aromatic carbocycles. The highest BCUT2D eigenvalue weighted by atomic mass is 16.4. The molecule has 2 rings (SSSR count). The Kier molecular flexibility index (Phi) is 4.84. The van der Waals surface area contributed by atoms with E-state index in [0.717, 1.165) is 5.56 Å². The van der Waals surface area contributed by atoms with Crippen LogP contribution in [-0.4, -0.2) is 22.8 Å². The number of hydrogen-bond donors (Lipinski definition) is 3. The van der Waals surface area contributed by atoms with E-state index < -0.39 is 0 Å². The lowest BCUT2D eigenvalue weighted by atomic mass is 10.1. The normalized spacial score (nSPS) is 9.27. The van der Waals surface area contributed by atoms with E-state index in [0.29, 0.717) is 0 Å². The molecule has 15 heavy (non-hydrogen) atoms. The lowest BCUT2D eigenvalue weighted by molar-refractivity contribution is 0.282. The van der Waals surface area contributed by atoms with Crippen molar-refractivity contribution in [2.24, 2.45) is 0 Å². The molecular formula is C11H12BO3. The van der Waals surface area contributed by atoms with Crippen LogP contribution in [0.1, 0.15) is 5.56 Å². The second kappa shape index (κ2) is 6.19. The van der Waals surface area contributed by atoms with Crippen LogP contribution in [0.25, 0.3) is 10.8 Å². The molecule has 0 heterocycles. The number of hydrogen-bond acceptors (Lipinski definition) is 3. The largest absolute Gasteiger partial charge is 0.482 e. The van der Waals surface area contributed by atoms with E-state index >= 15 is 0 Å². The molecule has 0 fully saturated rings. The fraction of sp³-hybridized carbons (Fsp3) is 0.0909. The van der Waals surface area contributed by atoms with Crippen molar-refractivity contribution in [3.63, 3.8) is 0 Å². The Hall–Kier alpha value is -1.36. The molecule has 0 atom stereocenters. The Morgan fingerprint density at radius 3 is 2.13 bits per heavy atom. The highest BCUT2D eigenvalue weighted by Gasteiger charge is 1.92. The minimum absolute atomic E-state index is 0. The van der Waals surface area contributed by atoms with E-state index in [1.807, 2.05) is 30.3 Å². The van der Waals surface area contributed by atoms with Crippen LogP contribution in [0.5, 0.6) is 0 Å². The van der Waals surface area contributed by atoms with Crippen LogP contribution >= 0.6 is 0 Å². The van der Waals surface area contributed by atoms with Crippen molar-refractivity contribution >= 4 is 18.5 Å². The van der Waals surface area contributed by atoms with E-state index in [2.05, 4.69) is 12.1 Å². The van der Waals surface area contributed by atoms with Crippen LogP contribution in [0.3, 0.4) is 0 Å². The molecule has 2 aromatic rings. The highest BCUT2D eigenvalue weighted by molar-refractivity contribution is 6.13. The van der Waals surface area contributed by atoms with Crippen molar-refractivity contribution in [3.05, 3.63) is 48.0 Å². The summed E-state index contributed by atoms with van der Waals surface area (Å²) >= 11 is 0. The molecular weight excluding hydrogens is 191 g/mol. The first-order valence-electron chi connectivity index (χ1n) is 4.50. The van der Waals surface area contributed by atoms with Gasteiger partial charge in [-0.3, -0.25) is 0 Å². The maximum absolute atomic E-state index is 8.90. The van der Waals surface area contributed by atoms with Crippen LogP contribution in [0.4, 0.5) is 0 Å².